The number of rotatable bonds is 2. The van der Waals surface area contributed by atoms with Crippen LogP contribution in [0.25, 0.3) is 0 Å². The van der Waals surface area contributed by atoms with Crippen LogP contribution in [0.15, 0.2) is 5.41 Å². The van der Waals surface area contributed by atoms with E-state index < -0.39 is 0 Å². The molecule has 1 heteroatoms. The van der Waals surface area contributed by atoms with E-state index in [1.54, 1.807) is 17.2 Å². The van der Waals surface area contributed by atoms with Gasteiger partial charge in [-0.05, 0) is 11.2 Å². The molecule has 0 bridgehead atoms. The summed E-state index contributed by atoms with van der Waals surface area (Å²) in [6, 6.07) is 0. The average Bonchev–Trinajstić information content (AvgIpc) is 1.41. The van der Waals surface area contributed by atoms with Crippen molar-refractivity contribution in [3.63, 3.8) is 0 Å². The third-order valence-corrected chi connectivity index (χ3v) is 0.789. The van der Waals surface area contributed by atoms with Crippen LogP contribution >= 0.6 is 11.8 Å². The Morgan fingerprint density at radius 2 is 2.60 bits per heavy atom. The summed E-state index contributed by atoms with van der Waals surface area (Å²) in [5.41, 5.74) is 0. The van der Waals surface area contributed by atoms with Crippen molar-refractivity contribution in [1.82, 2.24) is 0 Å². The fourth-order valence-corrected chi connectivity index (χ4v) is 0.289. The van der Waals surface area contributed by atoms with E-state index in [0.29, 0.717) is 0 Å². The summed E-state index contributed by atoms with van der Waals surface area (Å²) in [5, 5.41) is 1.60. The van der Waals surface area contributed by atoms with Crippen LogP contribution in [0.2, 0.25) is 0 Å². The molecule has 0 atom stereocenters. The minimum atomic E-state index is 1.08. The Bertz CT molecular complexity index is 24.8. The summed E-state index contributed by atoms with van der Waals surface area (Å²) in [4.78, 5) is 0. The van der Waals surface area contributed by atoms with Crippen molar-refractivity contribution in [3.8, 4) is 0 Å². The van der Waals surface area contributed by atoms with Gasteiger partial charge in [-0.25, -0.2) is 0 Å². The molecule has 0 spiro atoms. The summed E-state index contributed by atoms with van der Waals surface area (Å²) in [6.07, 6.45) is 0. The highest BCUT2D eigenvalue weighted by Crippen LogP contribution is 1.94. The molecule has 0 aromatic heterocycles. The van der Waals surface area contributed by atoms with E-state index in [2.05, 4.69) is 6.92 Å². The zero-order valence-electron chi connectivity index (χ0n) is 3.27. The van der Waals surface area contributed by atoms with Crippen molar-refractivity contribution in [2.24, 2.45) is 0 Å². The van der Waals surface area contributed by atoms with Crippen LogP contribution in [0.1, 0.15) is 6.92 Å². The van der Waals surface area contributed by atoms with Gasteiger partial charge < -0.3 is 0 Å². The molecule has 29 valence electrons. The maximum Gasteiger partial charge on any atom is -0.00544 e. The molecule has 0 rings (SSSR count). The van der Waals surface area contributed by atoms with Gasteiger partial charge in [-0.1, -0.05) is 13.5 Å². The predicted octanol–water partition coefficient (Wildman–Crippen LogP) is 1.69. The highest BCUT2D eigenvalue weighted by molar-refractivity contribution is 8.02. The first-order valence-corrected chi connectivity index (χ1v) is 2.61. The van der Waals surface area contributed by atoms with E-state index in [1.165, 1.54) is 0 Å². The SMILES string of the molecule is [CH]=CSCC. The minimum absolute atomic E-state index is 1.08. The lowest BCUT2D eigenvalue weighted by molar-refractivity contribution is 1.54. The molecule has 0 fully saturated rings. The standard InChI is InChI=1S/C4H7S/c1-3-5-4-2/h1,3H,4H2,2H3. The summed E-state index contributed by atoms with van der Waals surface area (Å²) < 4.78 is 0. The lowest BCUT2D eigenvalue weighted by Gasteiger charge is -1.73. The van der Waals surface area contributed by atoms with Crippen molar-refractivity contribution in [2.75, 3.05) is 5.75 Å². The number of hydrogen-bond donors (Lipinski definition) is 0. The van der Waals surface area contributed by atoms with E-state index in [4.69, 9.17) is 6.58 Å². The Morgan fingerprint density at radius 3 is 2.60 bits per heavy atom. The van der Waals surface area contributed by atoms with Gasteiger partial charge in [0.1, 0.15) is 0 Å². The van der Waals surface area contributed by atoms with Gasteiger partial charge in [0.25, 0.3) is 0 Å². The van der Waals surface area contributed by atoms with Crippen LogP contribution in [0, 0.1) is 6.58 Å². The molecular formula is C4H7S. The third kappa shape index (κ3) is 4.09. The first kappa shape index (κ1) is 5.09. The molecule has 0 aliphatic rings. The van der Waals surface area contributed by atoms with Gasteiger partial charge in [-0.2, -0.15) is 0 Å². The van der Waals surface area contributed by atoms with Gasteiger partial charge in [0, 0.05) is 0 Å². The van der Waals surface area contributed by atoms with Crippen LogP contribution in [0.3, 0.4) is 0 Å². The molecule has 0 aromatic rings. The van der Waals surface area contributed by atoms with Gasteiger partial charge >= 0.3 is 0 Å². The fraction of sp³-hybridized carbons (Fsp3) is 0.500. The number of hydrogen-bond acceptors (Lipinski definition) is 1. The monoisotopic (exact) mass is 87.0 g/mol. The van der Waals surface area contributed by atoms with Crippen LogP contribution < -0.4 is 0 Å². The molecule has 0 nitrogen and oxygen atoms in total. The molecular weight excluding hydrogens is 80.1 g/mol. The smallest absolute Gasteiger partial charge is 0.00544 e. The van der Waals surface area contributed by atoms with E-state index in [9.17, 15) is 0 Å². The molecule has 1 radical (unpaired) electrons. The molecule has 0 aliphatic carbocycles. The van der Waals surface area contributed by atoms with Crippen LogP contribution in [0.5, 0.6) is 0 Å². The highest BCUT2D eigenvalue weighted by atomic mass is 32.2. The van der Waals surface area contributed by atoms with Gasteiger partial charge in [0.15, 0.2) is 0 Å². The summed E-state index contributed by atoms with van der Waals surface area (Å²) in [5.74, 6) is 1.08. The maximum absolute atomic E-state index is 4.98. The lowest BCUT2D eigenvalue weighted by Crippen LogP contribution is -1.51. The zero-order chi connectivity index (χ0) is 4.12. The average molecular weight is 87.2 g/mol. The highest BCUT2D eigenvalue weighted by Gasteiger charge is 1.61. The van der Waals surface area contributed by atoms with E-state index in [0.717, 1.165) is 5.75 Å². The Kier molecular flexibility index (Phi) is 4.16. The second-order valence-electron chi connectivity index (χ2n) is 0.591. The Balaban J connectivity index is 2.40. The molecule has 0 heterocycles. The van der Waals surface area contributed by atoms with E-state index >= 15 is 0 Å². The summed E-state index contributed by atoms with van der Waals surface area (Å²) in [7, 11) is 0. The number of thioether (sulfide) groups is 1. The topological polar surface area (TPSA) is 0 Å². The Labute approximate surface area is 37.3 Å². The van der Waals surface area contributed by atoms with Crippen LogP contribution in [-0.2, 0) is 0 Å². The molecule has 0 saturated heterocycles. The van der Waals surface area contributed by atoms with Crippen LogP contribution in [-0.4, -0.2) is 5.75 Å². The Morgan fingerprint density at radius 1 is 2.00 bits per heavy atom. The third-order valence-electron chi connectivity index (χ3n) is 0.263. The minimum Gasteiger partial charge on any atom is -0.134 e. The summed E-state index contributed by atoms with van der Waals surface area (Å²) in [6.45, 7) is 7.04. The molecule has 0 saturated carbocycles. The molecule has 5 heavy (non-hydrogen) atoms. The molecule has 0 aliphatic heterocycles. The zero-order valence-corrected chi connectivity index (χ0v) is 4.09. The molecule has 0 amide bonds. The lowest BCUT2D eigenvalue weighted by atomic mass is 11.0. The van der Waals surface area contributed by atoms with Crippen LogP contribution in [0.4, 0.5) is 0 Å². The summed E-state index contributed by atoms with van der Waals surface area (Å²) >= 11 is 1.62. The first-order valence-electron chi connectivity index (χ1n) is 1.56. The van der Waals surface area contributed by atoms with Gasteiger partial charge in [0.2, 0.25) is 0 Å². The molecule has 0 N–H and O–H groups in total. The van der Waals surface area contributed by atoms with Crippen molar-refractivity contribution in [1.29, 1.82) is 0 Å². The second kappa shape index (κ2) is 4.09. The maximum atomic E-state index is 4.98. The van der Waals surface area contributed by atoms with E-state index in [1.807, 2.05) is 0 Å². The first-order chi connectivity index (χ1) is 2.41. The van der Waals surface area contributed by atoms with Crippen molar-refractivity contribution >= 4 is 11.8 Å². The Hall–Kier alpha value is 0.0900. The molecule has 0 unspecified atom stereocenters. The quantitative estimate of drug-likeness (QED) is 0.494. The van der Waals surface area contributed by atoms with Gasteiger partial charge in [0.05, 0.1) is 0 Å². The largest absolute Gasteiger partial charge is 0.134 e. The van der Waals surface area contributed by atoms with Gasteiger partial charge in [-0.15, -0.1) is 11.8 Å². The van der Waals surface area contributed by atoms with E-state index in [-0.39, 0.29) is 0 Å². The van der Waals surface area contributed by atoms with Crippen molar-refractivity contribution < 1.29 is 0 Å². The van der Waals surface area contributed by atoms with Gasteiger partial charge in [-0.3, -0.25) is 0 Å². The van der Waals surface area contributed by atoms with Crippen molar-refractivity contribution in [3.05, 3.63) is 12.0 Å². The normalized spacial score (nSPS) is 7.40. The fourth-order valence-electron chi connectivity index (χ4n) is 0.0962. The second-order valence-corrected chi connectivity index (χ2v) is 1.77. The van der Waals surface area contributed by atoms with Crippen molar-refractivity contribution in [2.45, 2.75) is 6.92 Å². The predicted molar refractivity (Wildman–Crippen MR) is 27.0 cm³/mol. The molecule has 0 aromatic carbocycles.